The van der Waals surface area contributed by atoms with E-state index in [9.17, 15) is 22.4 Å². The summed E-state index contributed by atoms with van der Waals surface area (Å²) in [6.45, 7) is 3.81. The topological polar surface area (TPSA) is 80.2 Å². The van der Waals surface area contributed by atoms with Crippen molar-refractivity contribution in [2.45, 2.75) is 37.2 Å². The van der Waals surface area contributed by atoms with E-state index in [-0.39, 0.29) is 31.0 Å². The minimum absolute atomic E-state index is 0.00655. The van der Waals surface area contributed by atoms with E-state index in [0.717, 1.165) is 23.3 Å². The van der Waals surface area contributed by atoms with Crippen LogP contribution in [0, 0.1) is 5.82 Å². The van der Waals surface area contributed by atoms with Crippen LogP contribution in [0.1, 0.15) is 41.2 Å². The summed E-state index contributed by atoms with van der Waals surface area (Å²) in [5, 5.41) is 11.7. The molecule has 6 nitrogen and oxygen atoms in total. The van der Waals surface area contributed by atoms with Crippen molar-refractivity contribution in [3.8, 4) is 16.9 Å². The number of alkyl halides is 3. The van der Waals surface area contributed by atoms with E-state index in [0.29, 0.717) is 36.0 Å². The van der Waals surface area contributed by atoms with Crippen molar-refractivity contribution in [3.63, 3.8) is 0 Å². The zero-order valence-electron chi connectivity index (χ0n) is 24.8. The van der Waals surface area contributed by atoms with Crippen molar-refractivity contribution in [1.82, 2.24) is 5.32 Å². The molecule has 238 valence electrons. The summed E-state index contributed by atoms with van der Waals surface area (Å²) in [6.07, 6.45) is -3.63. The second kappa shape index (κ2) is 14.0. The van der Waals surface area contributed by atoms with Gasteiger partial charge in [0.2, 0.25) is 5.90 Å². The van der Waals surface area contributed by atoms with Gasteiger partial charge < -0.3 is 19.9 Å². The van der Waals surface area contributed by atoms with Gasteiger partial charge in [0.25, 0.3) is 5.91 Å². The molecular formula is C36H32F4N2O4. The number of hydrogen-bond acceptors (Lipinski definition) is 5. The standard InChI is InChI=1S/C36H32F4N2O4/c1-2-17-35(34(44)41-23-24-20-29(36(38,39)40)22-30(37)21-24)32(27-11-9-26(10-12-27)25-7-4-3-5-8-25)46-33(42-35)28-13-15-31(16-14-28)45-19-6-18-43/h2-5,7-16,20-22,32,43H,1,6,17-19,23H2,(H,41,44)/t32-,35-/m1/s1. The zero-order valence-corrected chi connectivity index (χ0v) is 24.8. The molecule has 4 aromatic carbocycles. The Morgan fingerprint density at radius 1 is 0.978 bits per heavy atom. The number of aliphatic hydroxyl groups excluding tert-OH is 1. The molecule has 0 saturated heterocycles. The van der Waals surface area contributed by atoms with Crippen LogP contribution in [0.3, 0.4) is 0 Å². The number of aliphatic imine (C=N–C) groups is 1. The van der Waals surface area contributed by atoms with Crippen LogP contribution in [-0.2, 0) is 22.3 Å². The molecule has 0 aliphatic carbocycles. The summed E-state index contributed by atoms with van der Waals surface area (Å²) >= 11 is 0. The predicted octanol–water partition coefficient (Wildman–Crippen LogP) is 7.42. The normalized spacial score (nSPS) is 17.6. The lowest BCUT2D eigenvalue weighted by Crippen LogP contribution is -2.47. The number of halogens is 4. The van der Waals surface area contributed by atoms with Crippen LogP contribution in [0.25, 0.3) is 11.1 Å². The predicted molar refractivity (Wildman–Crippen MR) is 167 cm³/mol. The average molecular weight is 633 g/mol. The Morgan fingerprint density at radius 3 is 2.30 bits per heavy atom. The van der Waals surface area contributed by atoms with Gasteiger partial charge in [0.05, 0.1) is 12.2 Å². The van der Waals surface area contributed by atoms with E-state index in [4.69, 9.17) is 19.6 Å². The van der Waals surface area contributed by atoms with E-state index >= 15 is 0 Å². The highest BCUT2D eigenvalue weighted by molar-refractivity contribution is 6.01. The maximum atomic E-state index is 14.1. The molecular weight excluding hydrogens is 600 g/mol. The lowest BCUT2D eigenvalue weighted by Gasteiger charge is -2.30. The molecule has 10 heteroatoms. The van der Waals surface area contributed by atoms with E-state index < -0.39 is 35.1 Å². The zero-order chi connectivity index (χ0) is 32.7. The third-order valence-electron chi connectivity index (χ3n) is 7.54. The Morgan fingerprint density at radius 2 is 1.65 bits per heavy atom. The first-order valence-electron chi connectivity index (χ1n) is 14.6. The minimum atomic E-state index is -4.75. The van der Waals surface area contributed by atoms with Gasteiger partial charge in [-0.05, 0) is 64.7 Å². The molecule has 0 saturated carbocycles. The van der Waals surface area contributed by atoms with Crippen molar-refractivity contribution in [2.24, 2.45) is 4.99 Å². The highest BCUT2D eigenvalue weighted by atomic mass is 19.4. The molecule has 2 N–H and O–H groups in total. The van der Waals surface area contributed by atoms with Crippen LogP contribution in [-0.4, -0.2) is 35.7 Å². The smallest absolute Gasteiger partial charge is 0.416 e. The van der Waals surface area contributed by atoms with Gasteiger partial charge in [-0.3, -0.25) is 4.79 Å². The highest BCUT2D eigenvalue weighted by Crippen LogP contribution is 2.43. The number of nitrogens with one attached hydrogen (secondary N) is 1. The SMILES string of the molecule is C=CC[C@@]1(C(=O)NCc2cc(F)cc(C(F)(F)F)c2)N=C(c2ccc(OCCCO)cc2)O[C@@H]1c1ccc(-c2ccccc2)cc1. The minimum Gasteiger partial charge on any atom is -0.494 e. The number of carbonyl (C=O) groups excluding carboxylic acids is 1. The second-order valence-electron chi connectivity index (χ2n) is 10.8. The van der Waals surface area contributed by atoms with Crippen LogP contribution < -0.4 is 10.1 Å². The van der Waals surface area contributed by atoms with E-state index in [2.05, 4.69) is 11.9 Å². The van der Waals surface area contributed by atoms with Gasteiger partial charge in [0.15, 0.2) is 11.6 Å². The lowest BCUT2D eigenvalue weighted by atomic mass is 9.84. The Hall–Kier alpha value is -4.96. The second-order valence-corrected chi connectivity index (χ2v) is 10.8. The summed E-state index contributed by atoms with van der Waals surface area (Å²) in [5.74, 6) is -0.931. The molecule has 4 aromatic rings. The number of carbonyl (C=O) groups is 1. The molecule has 1 heterocycles. The van der Waals surface area contributed by atoms with Gasteiger partial charge in [0, 0.05) is 31.6 Å². The molecule has 1 amide bonds. The van der Waals surface area contributed by atoms with E-state index in [1.165, 1.54) is 6.08 Å². The Bertz CT molecular complexity index is 1690. The molecule has 46 heavy (non-hydrogen) atoms. The summed E-state index contributed by atoms with van der Waals surface area (Å²) < 4.78 is 66.1. The molecule has 5 rings (SSSR count). The van der Waals surface area contributed by atoms with Crippen LogP contribution in [0.15, 0.2) is 115 Å². The van der Waals surface area contributed by atoms with E-state index in [1.807, 2.05) is 54.6 Å². The molecule has 0 spiro atoms. The number of amides is 1. The molecule has 0 aromatic heterocycles. The van der Waals surface area contributed by atoms with Gasteiger partial charge >= 0.3 is 6.18 Å². The summed E-state index contributed by atoms with van der Waals surface area (Å²) in [5.41, 5.74) is 0.375. The van der Waals surface area contributed by atoms with Gasteiger partial charge in [-0.1, -0.05) is 60.7 Å². The van der Waals surface area contributed by atoms with Crippen LogP contribution in [0.4, 0.5) is 17.6 Å². The Balaban J connectivity index is 1.48. The Labute approximate surface area is 264 Å². The summed E-state index contributed by atoms with van der Waals surface area (Å²) in [7, 11) is 0. The lowest BCUT2D eigenvalue weighted by molar-refractivity contribution is -0.137. The number of rotatable bonds is 12. The van der Waals surface area contributed by atoms with Gasteiger partial charge in [-0.25, -0.2) is 9.38 Å². The van der Waals surface area contributed by atoms with Crippen molar-refractivity contribution in [3.05, 3.63) is 138 Å². The first-order chi connectivity index (χ1) is 22.1. The maximum Gasteiger partial charge on any atom is 0.416 e. The quantitative estimate of drug-likeness (QED) is 0.0968. The van der Waals surface area contributed by atoms with Crippen LogP contribution in [0.2, 0.25) is 0 Å². The third-order valence-corrected chi connectivity index (χ3v) is 7.54. The summed E-state index contributed by atoms with van der Waals surface area (Å²) in [6, 6.07) is 26.3. The van der Waals surface area contributed by atoms with Gasteiger partial charge in [0.1, 0.15) is 11.6 Å². The molecule has 1 aliphatic rings. The molecule has 0 bridgehead atoms. The van der Waals surface area contributed by atoms with E-state index in [1.54, 1.807) is 24.3 Å². The number of ether oxygens (including phenoxy) is 2. The van der Waals surface area contributed by atoms with Crippen LogP contribution >= 0.6 is 0 Å². The van der Waals surface area contributed by atoms with Crippen molar-refractivity contribution in [1.29, 1.82) is 0 Å². The maximum absolute atomic E-state index is 14.1. The number of nitrogens with zero attached hydrogens (tertiary/aromatic N) is 1. The summed E-state index contributed by atoms with van der Waals surface area (Å²) in [4.78, 5) is 18.8. The van der Waals surface area contributed by atoms with Gasteiger partial charge in [-0.2, -0.15) is 13.2 Å². The largest absolute Gasteiger partial charge is 0.494 e. The molecule has 0 radical (unpaired) electrons. The number of benzene rings is 4. The van der Waals surface area contributed by atoms with Crippen molar-refractivity contribution < 1.29 is 36.9 Å². The third kappa shape index (κ3) is 7.29. The van der Waals surface area contributed by atoms with Crippen molar-refractivity contribution >= 4 is 11.8 Å². The number of aliphatic hydroxyl groups is 1. The molecule has 0 unspecified atom stereocenters. The molecule has 1 aliphatic heterocycles. The first kappa shape index (κ1) is 32.4. The van der Waals surface area contributed by atoms with Crippen LogP contribution in [0.5, 0.6) is 5.75 Å². The van der Waals surface area contributed by atoms with Gasteiger partial charge in [-0.15, -0.1) is 6.58 Å². The number of hydrogen-bond donors (Lipinski definition) is 2. The molecule has 0 fully saturated rings. The molecule has 2 atom stereocenters. The monoisotopic (exact) mass is 632 g/mol. The van der Waals surface area contributed by atoms with Crippen molar-refractivity contribution in [2.75, 3.05) is 13.2 Å². The average Bonchev–Trinajstić information content (AvgIpc) is 3.44. The Kier molecular flexibility index (Phi) is 9.87. The fraction of sp³-hybridized carbons (Fsp3) is 0.222. The fourth-order valence-electron chi connectivity index (χ4n) is 5.27. The fourth-order valence-corrected chi connectivity index (χ4v) is 5.27. The first-order valence-corrected chi connectivity index (χ1v) is 14.6. The highest BCUT2D eigenvalue weighted by Gasteiger charge is 2.52.